The fourth-order valence-electron chi connectivity index (χ4n) is 1.88. The SMILES string of the molecule is COc1cc(NC(=O)C2CCCN2)ccc1F.Cl. The summed E-state index contributed by atoms with van der Waals surface area (Å²) in [5.74, 6) is -0.400. The molecule has 0 bridgehead atoms. The molecule has 1 aliphatic heterocycles. The minimum absolute atomic E-state index is 0. The second-order valence-corrected chi connectivity index (χ2v) is 3.99. The Kier molecular flexibility index (Phi) is 5.37. The summed E-state index contributed by atoms with van der Waals surface area (Å²) in [7, 11) is 1.39. The Morgan fingerprint density at radius 1 is 1.56 bits per heavy atom. The van der Waals surface area contributed by atoms with Gasteiger partial charge in [0.2, 0.25) is 5.91 Å². The smallest absolute Gasteiger partial charge is 0.241 e. The topological polar surface area (TPSA) is 50.4 Å². The largest absolute Gasteiger partial charge is 0.494 e. The Bertz CT molecular complexity index is 423. The van der Waals surface area contributed by atoms with Crippen LogP contribution in [0.2, 0.25) is 0 Å². The van der Waals surface area contributed by atoms with E-state index in [-0.39, 0.29) is 30.1 Å². The molecule has 100 valence electrons. The van der Waals surface area contributed by atoms with Crippen LogP contribution < -0.4 is 15.4 Å². The number of hydrogen-bond donors (Lipinski definition) is 2. The van der Waals surface area contributed by atoms with Crippen LogP contribution in [-0.4, -0.2) is 25.6 Å². The van der Waals surface area contributed by atoms with E-state index < -0.39 is 5.82 Å². The van der Waals surface area contributed by atoms with Crippen molar-refractivity contribution in [3.05, 3.63) is 24.0 Å². The van der Waals surface area contributed by atoms with Gasteiger partial charge in [0.25, 0.3) is 0 Å². The molecule has 2 N–H and O–H groups in total. The normalized spacial score (nSPS) is 18.0. The Morgan fingerprint density at radius 3 is 2.94 bits per heavy atom. The average Bonchev–Trinajstić information content (AvgIpc) is 2.85. The summed E-state index contributed by atoms with van der Waals surface area (Å²) in [6.07, 6.45) is 1.84. The summed E-state index contributed by atoms with van der Waals surface area (Å²) < 4.78 is 18.0. The van der Waals surface area contributed by atoms with Crippen LogP contribution in [-0.2, 0) is 4.79 Å². The molecular weight excluding hydrogens is 259 g/mol. The number of halogens is 2. The van der Waals surface area contributed by atoms with Gasteiger partial charge in [-0.1, -0.05) is 0 Å². The maximum atomic E-state index is 13.2. The van der Waals surface area contributed by atoms with E-state index in [1.54, 1.807) is 0 Å². The predicted molar refractivity (Wildman–Crippen MR) is 69.9 cm³/mol. The third-order valence-corrected chi connectivity index (χ3v) is 2.80. The van der Waals surface area contributed by atoms with Crippen LogP contribution in [0.3, 0.4) is 0 Å². The van der Waals surface area contributed by atoms with Gasteiger partial charge in [-0.25, -0.2) is 4.39 Å². The molecule has 1 atom stereocenters. The number of rotatable bonds is 3. The monoisotopic (exact) mass is 274 g/mol. The van der Waals surface area contributed by atoms with E-state index in [9.17, 15) is 9.18 Å². The summed E-state index contributed by atoms with van der Waals surface area (Å²) in [5.41, 5.74) is 0.543. The third kappa shape index (κ3) is 3.34. The third-order valence-electron chi connectivity index (χ3n) is 2.80. The molecule has 1 aromatic rings. The maximum Gasteiger partial charge on any atom is 0.241 e. The van der Waals surface area contributed by atoms with Crippen LogP contribution >= 0.6 is 12.4 Å². The molecule has 1 saturated heterocycles. The summed E-state index contributed by atoms with van der Waals surface area (Å²) in [6, 6.07) is 4.12. The van der Waals surface area contributed by atoms with Crippen molar-refractivity contribution in [1.29, 1.82) is 0 Å². The van der Waals surface area contributed by atoms with Crippen molar-refractivity contribution in [3.63, 3.8) is 0 Å². The number of carbonyl (C=O) groups is 1. The van der Waals surface area contributed by atoms with Gasteiger partial charge < -0.3 is 15.4 Å². The van der Waals surface area contributed by atoms with Crippen molar-refractivity contribution in [2.45, 2.75) is 18.9 Å². The van der Waals surface area contributed by atoms with Crippen molar-refractivity contribution in [3.8, 4) is 5.75 Å². The van der Waals surface area contributed by atoms with Gasteiger partial charge in [0.1, 0.15) is 0 Å². The molecule has 1 aromatic carbocycles. The minimum atomic E-state index is -0.440. The van der Waals surface area contributed by atoms with Gasteiger partial charge in [-0.05, 0) is 31.5 Å². The highest BCUT2D eigenvalue weighted by molar-refractivity contribution is 5.95. The Morgan fingerprint density at radius 2 is 2.33 bits per heavy atom. The number of ether oxygens (including phenoxy) is 1. The van der Waals surface area contributed by atoms with Gasteiger partial charge in [0.15, 0.2) is 11.6 Å². The summed E-state index contributed by atoms with van der Waals surface area (Å²) in [4.78, 5) is 11.8. The molecule has 4 nitrogen and oxygen atoms in total. The van der Waals surface area contributed by atoms with E-state index in [2.05, 4.69) is 10.6 Å². The Balaban J connectivity index is 0.00000162. The van der Waals surface area contributed by atoms with E-state index in [0.717, 1.165) is 19.4 Å². The first kappa shape index (κ1) is 14.7. The van der Waals surface area contributed by atoms with Gasteiger partial charge in [0.05, 0.1) is 13.2 Å². The first-order chi connectivity index (χ1) is 8.20. The Labute approximate surface area is 111 Å². The lowest BCUT2D eigenvalue weighted by atomic mass is 10.2. The van der Waals surface area contributed by atoms with Gasteiger partial charge in [-0.3, -0.25) is 4.79 Å². The highest BCUT2D eigenvalue weighted by atomic mass is 35.5. The zero-order valence-corrected chi connectivity index (χ0v) is 10.8. The molecule has 18 heavy (non-hydrogen) atoms. The number of hydrogen-bond acceptors (Lipinski definition) is 3. The van der Waals surface area contributed by atoms with Gasteiger partial charge >= 0.3 is 0 Å². The van der Waals surface area contributed by atoms with Gasteiger partial charge in [-0.15, -0.1) is 12.4 Å². The lowest BCUT2D eigenvalue weighted by Crippen LogP contribution is -2.35. The van der Waals surface area contributed by atoms with Crippen LogP contribution in [0.25, 0.3) is 0 Å². The lowest BCUT2D eigenvalue weighted by molar-refractivity contribution is -0.117. The molecule has 1 aliphatic rings. The molecule has 1 unspecified atom stereocenters. The number of nitrogens with one attached hydrogen (secondary N) is 2. The van der Waals surface area contributed by atoms with Crippen LogP contribution in [0.4, 0.5) is 10.1 Å². The second kappa shape index (κ2) is 6.56. The zero-order valence-electron chi connectivity index (χ0n) is 10.0. The standard InChI is InChI=1S/C12H15FN2O2.ClH/c1-17-11-7-8(4-5-9(11)13)15-12(16)10-3-2-6-14-10;/h4-5,7,10,14H,2-3,6H2,1H3,(H,15,16);1H. The molecule has 0 saturated carbocycles. The number of benzene rings is 1. The fraction of sp³-hybridized carbons (Fsp3) is 0.417. The van der Waals surface area contributed by atoms with E-state index in [0.29, 0.717) is 5.69 Å². The summed E-state index contributed by atoms with van der Waals surface area (Å²) in [6.45, 7) is 0.866. The molecule has 0 aromatic heterocycles. The molecule has 2 rings (SSSR count). The van der Waals surface area contributed by atoms with Crippen molar-refractivity contribution >= 4 is 24.0 Å². The van der Waals surface area contributed by atoms with Crippen molar-refractivity contribution in [2.75, 3.05) is 19.0 Å². The molecular formula is C12H16ClFN2O2. The molecule has 0 aliphatic carbocycles. The first-order valence-corrected chi connectivity index (χ1v) is 5.58. The average molecular weight is 275 g/mol. The van der Waals surface area contributed by atoms with Crippen molar-refractivity contribution in [1.82, 2.24) is 5.32 Å². The van der Waals surface area contributed by atoms with Crippen LogP contribution in [0.5, 0.6) is 5.75 Å². The van der Waals surface area contributed by atoms with Gasteiger partial charge in [-0.2, -0.15) is 0 Å². The highest BCUT2D eigenvalue weighted by Crippen LogP contribution is 2.21. The molecule has 6 heteroatoms. The number of amides is 1. The highest BCUT2D eigenvalue weighted by Gasteiger charge is 2.22. The maximum absolute atomic E-state index is 13.2. The first-order valence-electron chi connectivity index (χ1n) is 5.58. The van der Waals surface area contributed by atoms with E-state index in [1.807, 2.05) is 0 Å². The molecule has 1 fully saturated rings. The lowest BCUT2D eigenvalue weighted by Gasteiger charge is -2.12. The van der Waals surface area contributed by atoms with Gasteiger partial charge in [0, 0.05) is 11.8 Å². The number of anilines is 1. The summed E-state index contributed by atoms with van der Waals surface area (Å²) in [5, 5.41) is 5.84. The molecule has 1 amide bonds. The van der Waals surface area contributed by atoms with Crippen molar-refractivity contribution in [2.24, 2.45) is 0 Å². The molecule has 0 radical (unpaired) electrons. The number of carbonyl (C=O) groups excluding carboxylic acids is 1. The number of methoxy groups -OCH3 is 1. The van der Waals surface area contributed by atoms with E-state index in [1.165, 1.54) is 25.3 Å². The van der Waals surface area contributed by atoms with E-state index in [4.69, 9.17) is 4.74 Å². The Hall–Kier alpha value is -1.33. The second-order valence-electron chi connectivity index (χ2n) is 3.99. The molecule has 0 spiro atoms. The van der Waals surface area contributed by atoms with Crippen LogP contribution in [0.1, 0.15) is 12.8 Å². The summed E-state index contributed by atoms with van der Waals surface area (Å²) >= 11 is 0. The van der Waals surface area contributed by atoms with Crippen LogP contribution in [0, 0.1) is 5.82 Å². The molecule has 1 heterocycles. The predicted octanol–water partition coefficient (Wildman–Crippen LogP) is 1.95. The minimum Gasteiger partial charge on any atom is -0.494 e. The fourth-order valence-corrected chi connectivity index (χ4v) is 1.88. The van der Waals surface area contributed by atoms with Crippen molar-refractivity contribution < 1.29 is 13.9 Å². The van der Waals surface area contributed by atoms with Crippen LogP contribution in [0.15, 0.2) is 18.2 Å². The quantitative estimate of drug-likeness (QED) is 0.886. The zero-order chi connectivity index (χ0) is 12.3. The van der Waals surface area contributed by atoms with E-state index >= 15 is 0 Å².